The first-order valence-electron chi connectivity index (χ1n) is 6.26. The number of nitrogens with zero attached hydrogens (tertiary/aromatic N) is 1. The van der Waals surface area contributed by atoms with Crippen LogP contribution in [0.15, 0.2) is 16.7 Å². The second kappa shape index (κ2) is 6.20. The zero-order valence-electron chi connectivity index (χ0n) is 10.5. The Morgan fingerprint density at radius 1 is 1.53 bits per heavy atom. The Kier molecular flexibility index (Phi) is 4.81. The maximum atomic E-state index is 12.1. The minimum atomic E-state index is -0.251. The van der Waals surface area contributed by atoms with E-state index in [2.05, 4.69) is 26.2 Å². The smallest absolute Gasteiger partial charge is 0.254 e. The van der Waals surface area contributed by atoms with Crippen LogP contribution in [0.1, 0.15) is 36.0 Å². The Labute approximate surface area is 125 Å². The Morgan fingerprint density at radius 3 is 2.84 bits per heavy atom. The third kappa shape index (κ3) is 3.46. The van der Waals surface area contributed by atoms with Gasteiger partial charge in [0, 0.05) is 22.6 Å². The number of aliphatic hydroxyl groups excluding tert-OH is 1. The fraction of sp³-hybridized carbons (Fsp3) is 0.538. The van der Waals surface area contributed by atoms with Crippen molar-refractivity contribution < 1.29 is 9.90 Å². The SMILES string of the molecule is O=C(NCC1(CO)CCCC1)c1cc(Br)cnc1Cl. The summed E-state index contributed by atoms with van der Waals surface area (Å²) in [6.45, 7) is 0.586. The summed E-state index contributed by atoms with van der Waals surface area (Å²) >= 11 is 9.18. The van der Waals surface area contributed by atoms with Crippen LogP contribution < -0.4 is 5.32 Å². The van der Waals surface area contributed by atoms with E-state index in [9.17, 15) is 9.90 Å². The highest BCUT2D eigenvalue weighted by Crippen LogP contribution is 2.37. The lowest BCUT2D eigenvalue weighted by Crippen LogP contribution is -2.38. The first-order valence-corrected chi connectivity index (χ1v) is 7.43. The number of hydrogen-bond acceptors (Lipinski definition) is 3. The van der Waals surface area contributed by atoms with Crippen molar-refractivity contribution in [3.63, 3.8) is 0 Å². The van der Waals surface area contributed by atoms with Crippen molar-refractivity contribution in [2.75, 3.05) is 13.2 Å². The Balaban J connectivity index is 2.03. The van der Waals surface area contributed by atoms with Crippen molar-refractivity contribution in [1.29, 1.82) is 0 Å². The number of halogens is 2. The van der Waals surface area contributed by atoms with Gasteiger partial charge < -0.3 is 10.4 Å². The quantitative estimate of drug-likeness (QED) is 0.823. The Bertz CT molecular complexity index is 476. The van der Waals surface area contributed by atoms with Crippen LogP contribution in [0, 0.1) is 5.41 Å². The summed E-state index contributed by atoms with van der Waals surface area (Å²) in [5.41, 5.74) is 0.184. The third-order valence-electron chi connectivity index (χ3n) is 3.67. The lowest BCUT2D eigenvalue weighted by molar-refractivity contribution is 0.0880. The highest BCUT2D eigenvalue weighted by molar-refractivity contribution is 9.10. The molecule has 1 fully saturated rings. The number of pyridine rings is 1. The zero-order valence-corrected chi connectivity index (χ0v) is 12.8. The molecule has 0 spiro atoms. The molecule has 0 aromatic carbocycles. The molecule has 104 valence electrons. The van der Waals surface area contributed by atoms with Gasteiger partial charge in [0.2, 0.25) is 0 Å². The van der Waals surface area contributed by atoms with Gasteiger partial charge in [0.05, 0.1) is 12.2 Å². The monoisotopic (exact) mass is 346 g/mol. The summed E-state index contributed by atoms with van der Waals surface area (Å²) in [6.07, 6.45) is 5.67. The molecule has 0 atom stereocenters. The Hall–Kier alpha value is -0.650. The van der Waals surface area contributed by atoms with E-state index in [1.807, 2.05) is 0 Å². The van der Waals surface area contributed by atoms with Gasteiger partial charge in [-0.2, -0.15) is 0 Å². The summed E-state index contributed by atoms with van der Waals surface area (Å²) in [4.78, 5) is 16.0. The molecule has 1 amide bonds. The standard InChI is InChI=1S/C13H16BrClN2O2/c14-9-5-10(11(15)16-6-9)12(19)17-7-13(8-18)3-1-2-4-13/h5-6,18H,1-4,7-8H2,(H,17,19). The van der Waals surface area contributed by atoms with E-state index in [1.54, 1.807) is 12.3 Å². The number of carbonyl (C=O) groups is 1. The predicted molar refractivity (Wildman–Crippen MR) is 77.3 cm³/mol. The second-order valence-corrected chi connectivity index (χ2v) is 6.31. The summed E-state index contributed by atoms with van der Waals surface area (Å²) in [6, 6.07) is 1.64. The predicted octanol–water partition coefficient (Wildman–Crippen LogP) is 2.78. The van der Waals surface area contributed by atoms with Crippen LogP contribution >= 0.6 is 27.5 Å². The lowest BCUT2D eigenvalue weighted by Gasteiger charge is -2.26. The fourth-order valence-electron chi connectivity index (χ4n) is 2.46. The minimum absolute atomic E-state index is 0.109. The van der Waals surface area contributed by atoms with Gasteiger partial charge >= 0.3 is 0 Å². The number of aliphatic hydroxyl groups is 1. The topological polar surface area (TPSA) is 62.2 Å². The summed E-state index contributed by atoms with van der Waals surface area (Å²) in [5, 5.41) is 12.5. The van der Waals surface area contributed by atoms with E-state index >= 15 is 0 Å². The van der Waals surface area contributed by atoms with Gasteiger partial charge in [0.1, 0.15) is 5.15 Å². The number of amides is 1. The van der Waals surface area contributed by atoms with E-state index in [4.69, 9.17) is 11.6 Å². The maximum Gasteiger partial charge on any atom is 0.254 e. The minimum Gasteiger partial charge on any atom is -0.396 e. The van der Waals surface area contributed by atoms with Crippen LogP contribution in [0.3, 0.4) is 0 Å². The van der Waals surface area contributed by atoms with Gasteiger partial charge in [-0.15, -0.1) is 0 Å². The maximum absolute atomic E-state index is 12.1. The molecule has 2 N–H and O–H groups in total. The van der Waals surface area contributed by atoms with Gasteiger partial charge in [0.25, 0.3) is 5.91 Å². The number of aromatic nitrogens is 1. The van der Waals surface area contributed by atoms with Crippen LogP contribution in [0.25, 0.3) is 0 Å². The van der Waals surface area contributed by atoms with Gasteiger partial charge in [-0.05, 0) is 34.8 Å². The number of hydrogen-bond donors (Lipinski definition) is 2. The van der Waals surface area contributed by atoms with Crippen molar-refractivity contribution in [1.82, 2.24) is 10.3 Å². The highest BCUT2D eigenvalue weighted by Gasteiger charge is 2.33. The Morgan fingerprint density at radius 2 is 2.21 bits per heavy atom. The summed E-state index contributed by atoms with van der Waals surface area (Å²) in [5.74, 6) is -0.251. The van der Waals surface area contributed by atoms with Crippen molar-refractivity contribution in [2.24, 2.45) is 5.41 Å². The molecule has 6 heteroatoms. The molecule has 0 saturated heterocycles. The van der Waals surface area contributed by atoms with E-state index in [0.717, 1.165) is 25.7 Å². The summed E-state index contributed by atoms with van der Waals surface area (Å²) < 4.78 is 0.708. The van der Waals surface area contributed by atoms with Gasteiger partial charge in [-0.25, -0.2) is 4.98 Å². The van der Waals surface area contributed by atoms with Crippen LogP contribution in [-0.2, 0) is 0 Å². The van der Waals surface area contributed by atoms with Crippen molar-refractivity contribution in [3.8, 4) is 0 Å². The molecule has 1 aromatic rings. The molecule has 1 saturated carbocycles. The number of rotatable bonds is 4. The van der Waals surface area contributed by atoms with Gasteiger partial charge in [-0.3, -0.25) is 4.79 Å². The molecule has 1 aliphatic carbocycles. The largest absolute Gasteiger partial charge is 0.396 e. The molecule has 0 aliphatic heterocycles. The van der Waals surface area contributed by atoms with Crippen molar-refractivity contribution in [2.45, 2.75) is 25.7 Å². The van der Waals surface area contributed by atoms with E-state index in [1.165, 1.54) is 0 Å². The van der Waals surface area contributed by atoms with Gasteiger partial charge in [-0.1, -0.05) is 24.4 Å². The molecule has 1 aromatic heterocycles. The molecule has 0 bridgehead atoms. The van der Waals surface area contributed by atoms with Gasteiger partial charge in [0.15, 0.2) is 0 Å². The molecule has 1 aliphatic rings. The number of nitrogens with one attached hydrogen (secondary N) is 1. The first kappa shape index (κ1) is 14.8. The molecule has 19 heavy (non-hydrogen) atoms. The fourth-order valence-corrected chi connectivity index (χ4v) is 2.98. The number of carbonyl (C=O) groups excluding carboxylic acids is 1. The highest BCUT2D eigenvalue weighted by atomic mass is 79.9. The average Bonchev–Trinajstić information content (AvgIpc) is 2.88. The lowest BCUT2D eigenvalue weighted by atomic mass is 9.87. The van der Waals surface area contributed by atoms with Crippen molar-refractivity contribution >= 4 is 33.4 Å². The van der Waals surface area contributed by atoms with E-state index < -0.39 is 0 Å². The third-order valence-corrected chi connectivity index (χ3v) is 4.41. The van der Waals surface area contributed by atoms with Crippen LogP contribution in [0.4, 0.5) is 0 Å². The molecular formula is C13H16BrClN2O2. The van der Waals surface area contributed by atoms with Crippen LogP contribution in [0.5, 0.6) is 0 Å². The van der Waals surface area contributed by atoms with Crippen LogP contribution in [-0.4, -0.2) is 29.1 Å². The molecule has 1 heterocycles. The molecule has 4 nitrogen and oxygen atoms in total. The second-order valence-electron chi connectivity index (χ2n) is 5.04. The zero-order chi connectivity index (χ0) is 13.9. The summed E-state index contributed by atoms with van der Waals surface area (Å²) in [7, 11) is 0. The molecule has 2 rings (SSSR count). The average molecular weight is 348 g/mol. The molecular weight excluding hydrogens is 332 g/mol. The van der Waals surface area contributed by atoms with E-state index in [0.29, 0.717) is 16.6 Å². The first-order chi connectivity index (χ1) is 9.06. The molecule has 0 unspecified atom stereocenters. The van der Waals surface area contributed by atoms with Crippen molar-refractivity contribution in [3.05, 3.63) is 27.5 Å². The molecule has 0 radical (unpaired) electrons. The normalized spacial score (nSPS) is 17.4. The van der Waals surface area contributed by atoms with E-state index in [-0.39, 0.29) is 23.1 Å². The van der Waals surface area contributed by atoms with Crippen LogP contribution in [0.2, 0.25) is 5.15 Å².